The van der Waals surface area contributed by atoms with E-state index in [-0.39, 0.29) is 5.41 Å². The van der Waals surface area contributed by atoms with Crippen LogP contribution in [0.25, 0.3) is 0 Å². The summed E-state index contributed by atoms with van der Waals surface area (Å²) >= 11 is 0. The van der Waals surface area contributed by atoms with Gasteiger partial charge in [0.25, 0.3) is 0 Å². The van der Waals surface area contributed by atoms with Crippen molar-refractivity contribution in [3.05, 3.63) is 23.2 Å². The fourth-order valence-electron chi connectivity index (χ4n) is 3.24. The minimum atomic E-state index is 0.242. The van der Waals surface area contributed by atoms with Crippen molar-refractivity contribution in [2.75, 3.05) is 6.54 Å². The van der Waals surface area contributed by atoms with Crippen molar-refractivity contribution in [3.63, 3.8) is 0 Å². The summed E-state index contributed by atoms with van der Waals surface area (Å²) in [6, 6.07) is 2.81. The first-order valence-electron chi connectivity index (χ1n) is 6.74. The van der Waals surface area contributed by atoms with Crippen LogP contribution in [0, 0.1) is 19.8 Å². The van der Waals surface area contributed by atoms with Crippen LogP contribution in [0.3, 0.4) is 0 Å². The molecule has 1 fully saturated rings. The first kappa shape index (κ1) is 12.7. The van der Waals surface area contributed by atoms with Crippen LogP contribution in [0.1, 0.15) is 50.7 Å². The van der Waals surface area contributed by atoms with Crippen molar-refractivity contribution in [1.29, 1.82) is 0 Å². The number of hydrogen-bond acceptors (Lipinski definition) is 2. The van der Waals surface area contributed by atoms with Gasteiger partial charge in [-0.3, -0.25) is 0 Å². The molecule has 2 heterocycles. The van der Waals surface area contributed by atoms with Crippen LogP contribution in [0.15, 0.2) is 10.5 Å². The van der Waals surface area contributed by atoms with Gasteiger partial charge in [-0.1, -0.05) is 20.8 Å². The molecule has 17 heavy (non-hydrogen) atoms. The molecule has 2 heteroatoms. The maximum absolute atomic E-state index is 5.72. The van der Waals surface area contributed by atoms with E-state index in [4.69, 9.17) is 4.42 Å². The van der Waals surface area contributed by atoms with Gasteiger partial charge >= 0.3 is 0 Å². The summed E-state index contributed by atoms with van der Waals surface area (Å²) in [6.07, 6.45) is 2.45. The van der Waals surface area contributed by atoms with Gasteiger partial charge < -0.3 is 9.73 Å². The standard InChI is InChI=1S/C15H25NO/c1-10(2)8-14-15(5,6-7-16-14)13-9-11(3)17-12(13)4/h9-10,14,16H,6-8H2,1-5H3. The zero-order valence-electron chi connectivity index (χ0n) is 11.8. The maximum Gasteiger partial charge on any atom is 0.104 e. The molecule has 0 radical (unpaired) electrons. The molecule has 1 saturated heterocycles. The van der Waals surface area contributed by atoms with Crippen LogP contribution in [0.4, 0.5) is 0 Å². The normalized spacial score (nSPS) is 29.2. The SMILES string of the molecule is Cc1cc(C2(C)CCNC2CC(C)C)c(C)o1. The van der Waals surface area contributed by atoms with Crippen LogP contribution in [-0.4, -0.2) is 12.6 Å². The molecule has 1 aliphatic heterocycles. The smallest absolute Gasteiger partial charge is 0.104 e. The third kappa shape index (κ3) is 2.28. The molecule has 0 aliphatic carbocycles. The molecule has 96 valence electrons. The van der Waals surface area contributed by atoms with E-state index < -0.39 is 0 Å². The molecule has 0 amide bonds. The first-order valence-corrected chi connectivity index (χ1v) is 6.74. The zero-order chi connectivity index (χ0) is 12.6. The highest BCUT2D eigenvalue weighted by Crippen LogP contribution is 2.40. The largest absolute Gasteiger partial charge is 0.466 e. The molecule has 1 aromatic rings. The van der Waals surface area contributed by atoms with Gasteiger partial charge in [0.15, 0.2) is 0 Å². The van der Waals surface area contributed by atoms with E-state index >= 15 is 0 Å². The number of rotatable bonds is 3. The van der Waals surface area contributed by atoms with Gasteiger partial charge in [0.1, 0.15) is 11.5 Å². The Hall–Kier alpha value is -0.760. The Morgan fingerprint density at radius 1 is 1.47 bits per heavy atom. The summed E-state index contributed by atoms with van der Waals surface area (Å²) in [5, 5.41) is 3.67. The van der Waals surface area contributed by atoms with E-state index in [1.165, 1.54) is 18.4 Å². The van der Waals surface area contributed by atoms with Gasteiger partial charge in [0, 0.05) is 17.0 Å². The Morgan fingerprint density at radius 3 is 2.71 bits per heavy atom. The lowest BCUT2D eigenvalue weighted by atomic mass is 9.73. The van der Waals surface area contributed by atoms with Gasteiger partial charge in [0.05, 0.1) is 0 Å². The van der Waals surface area contributed by atoms with Gasteiger partial charge in [-0.25, -0.2) is 0 Å². The molecule has 1 N–H and O–H groups in total. The maximum atomic E-state index is 5.72. The molecule has 2 atom stereocenters. The van der Waals surface area contributed by atoms with Gasteiger partial charge in [0.2, 0.25) is 0 Å². The molecule has 0 aromatic carbocycles. The van der Waals surface area contributed by atoms with Crippen molar-refractivity contribution in [2.24, 2.45) is 5.92 Å². The van der Waals surface area contributed by atoms with Gasteiger partial charge in [-0.05, 0) is 45.2 Å². The minimum Gasteiger partial charge on any atom is -0.466 e. The number of furan rings is 1. The van der Waals surface area contributed by atoms with Crippen molar-refractivity contribution >= 4 is 0 Å². The average Bonchev–Trinajstić information content (AvgIpc) is 2.72. The second-order valence-corrected chi connectivity index (χ2v) is 6.13. The molecule has 1 aliphatic rings. The highest BCUT2D eigenvalue weighted by atomic mass is 16.3. The third-order valence-corrected chi connectivity index (χ3v) is 4.17. The molecule has 2 nitrogen and oxygen atoms in total. The van der Waals surface area contributed by atoms with Gasteiger partial charge in [-0.2, -0.15) is 0 Å². The second kappa shape index (κ2) is 4.49. The van der Waals surface area contributed by atoms with E-state index in [1.54, 1.807) is 0 Å². The topological polar surface area (TPSA) is 25.2 Å². The van der Waals surface area contributed by atoms with Crippen molar-refractivity contribution in [1.82, 2.24) is 5.32 Å². The predicted octanol–water partition coefficient (Wildman–Crippen LogP) is 3.56. The molecule has 2 unspecified atom stereocenters. The average molecular weight is 235 g/mol. The highest BCUT2D eigenvalue weighted by Gasteiger charge is 2.42. The van der Waals surface area contributed by atoms with Crippen molar-refractivity contribution in [2.45, 2.75) is 58.9 Å². The Morgan fingerprint density at radius 2 is 2.18 bits per heavy atom. The Kier molecular flexibility index (Phi) is 3.35. The van der Waals surface area contributed by atoms with Gasteiger partial charge in [-0.15, -0.1) is 0 Å². The summed E-state index contributed by atoms with van der Waals surface area (Å²) in [5.41, 5.74) is 1.65. The predicted molar refractivity (Wildman–Crippen MR) is 71.4 cm³/mol. The fourth-order valence-corrected chi connectivity index (χ4v) is 3.24. The lowest BCUT2D eigenvalue weighted by Crippen LogP contribution is -2.39. The Balaban J connectivity index is 2.30. The Labute approximate surface area is 105 Å². The fraction of sp³-hybridized carbons (Fsp3) is 0.733. The first-order chi connectivity index (χ1) is 7.93. The summed E-state index contributed by atoms with van der Waals surface area (Å²) in [7, 11) is 0. The third-order valence-electron chi connectivity index (χ3n) is 4.17. The zero-order valence-corrected chi connectivity index (χ0v) is 11.8. The van der Waals surface area contributed by atoms with E-state index in [0.717, 1.165) is 24.0 Å². The quantitative estimate of drug-likeness (QED) is 0.866. The van der Waals surface area contributed by atoms with Crippen molar-refractivity contribution < 1.29 is 4.42 Å². The van der Waals surface area contributed by atoms with E-state index in [0.29, 0.717) is 6.04 Å². The molecule has 0 spiro atoms. The lowest BCUT2D eigenvalue weighted by molar-refractivity contribution is 0.339. The second-order valence-electron chi connectivity index (χ2n) is 6.13. The summed E-state index contributed by atoms with van der Waals surface area (Å²) in [6.45, 7) is 12.2. The van der Waals surface area contributed by atoms with E-state index in [9.17, 15) is 0 Å². The molecule has 1 aromatic heterocycles. The molecular weight excluding hydrogens is 210 g/mol. The molecule has 2 rings (SSSR count). The number of nitrogens with one attached hydrogen (secondary N) is 1. The van der Waals surface area contributed by atoms with E-state index in [1.807, 2.05) is 6.92 Å². The summed E-state index contributed by atoms with van der Waals surface area (Å²) in [4.78, 5) is 0. The van der Waals surface area contributed by atoms with Crippen LogP contribution in [0.5, 0.6) is 0 Å². The highest BCUT2D eigenvalue weighted by molar-refractivity contribution is 5.32. The van der Waals surface area contributed by atoms with E-state index in [2.05, 4.69) is 39.1 Å². The van der Waals surface area contributed by atoms with Crippen molar-refractivity contribution in [3.8, 4) is 0 Å². The minimum absolute atomic E-state index is 0.242. The monoisotopic (exact) mass is 235 g/mol. The Bertz CT molecular complexity index is 394. The van der Waals surface area contributed by atoms with Crippen LogP contribution < -0.4 is 5.32 Å². The summed E-state index contributed by atoms with van der Waals surface area (Å²) < 4.78 is 5.72. The molecular formula is C15H25NO. The van der Waals surface area contributed by atoms with Crippen LogP contribution in [0.2, 0.25) is 0 Å². The summed E-state index contributed by atoms with van der Waals surface area (Å²) in [5.74, 6) is 2.87. The number of hydrogen-bond donors (Lipinski definition) is 1. The molecule has 0 saturated carbocycles. The lowest BCUT2D eigenvalue weighted by Gasteiger charge is -2.32. The van der Waals surface area contributed by atoms with Crippen LogP contribution in [-0.2, 0) is 5.41 Å². The molecule has 0 bridgehead atoms. The number of aryl methyl sites for hydroxylation is 2. The van der Waals surface area contributed by atoms with Crippen LogP contribution >= 0.6 is 0 Å².